The third kappa shape index (κ3) is 5.00. The fourth-order valence-corrected chi connectivity index (χ4v) is 2.40. The molecule has 0 aliphatic rings. The lowest BCUT2D eigenvalue weighted by atomic mass is 10.1. The summed E-state index contributed by atoms with van der Waals surface area (Å²) in [6, 6.07) is 5.61. The lowest BCUT2D eigenvalue weighted by Crippen LogP contribution is -2.26. The Labute approximate surface area is 146 Å². The molecule has 0 aliphatic carbocycles. The van der Waals surface area contributed by atoms with Crippen LogP contribution in [0.1, 0.15) is 23.4 Å². The Bertz CT molecular complexity index is 766. The fourth-order valence-electron chi connectivity index (χ4n) is 2.40. The highest BCUT2D eigenvalue weighted by Crippen LogP contribution is 2.17. The zero-order valence-electron chi connectivity index (χ0n) is 14.7. The molecule has 2 rings (SSSR count). The topological polar surface area (TPSA) is 86.1 Å². The standard InChI is InChI=1S/C18H22N4O3/c1-13-15(12-17(23)20-11-7-5-9-18(24)25-3)14(2)22(21-13)16-8-4-6-10-19-16/h4-6,8-10H,7,11-12H2,1-3H3,(H,20,23)/b9-5+. The first-order chi connectivity index (χ1) is 12.0. The van der Waals surface area contributed by atoms with Crippen molar-refractivity contribution in [3.05, 3.63) is 53.5 Å². The normalized spacial score (nSPS) is 10.8. The zero-order valence-corrected chi connectivity index (χ0v) is 14.7. The third-order valence-corrected chi connectivity index (χ3v) is 3.73. The van der Waals surface area contributed by atoms with Gasteiger partial charge in [0.1, 0.15) is 0 Å². The minimum Gasteiger partial charge on any atom is -0.466 e. The number of rotatable bonds is 7. The average Bonchev–Trinajstić information content (AvgIpc) is 2.90. The third-order valence-electron chi connectivity index (χ3n) is 3.73. The molecule has 0 aliphatic heterocycles. The molecule has 0 saturated carbocycles. The van der Waals surface area contributed by atoms with Gasteiger partial charge in [0.2, 0.25) is 5.91 Å². The Morgan fingerprint density at radius 3 is 2.80 bits per heavy atom. The molecular weight excluding hydrogens is 320 g/mol. The fraction of sp³-hybridized carbons (Fsp3) is 0.333. The van der Waals surface area contributed by atoms with Crippen LogP contribution >= 0.6 is 0 Å². The number of methoxy groups -OCH3 is 1. The van der Waals surface area contributed by atoms with E-state index in [2.05, 4.69) is 20.1 Å². The van der Waals surface area contributed by atoms with E-state index in [1.54, 1.807) is 17.0 Å². The molecule has 0 fully saturated rings. The van der Waals surface area contributed by atoms with Gasteiger partial charge in [-0.3, -0.25) is 4.79 Å². The molecule has 1 amide bonds. The number of carbonyl (C=O) groups excluding carboxylic acids is 2. The maximum Gasteiger partial charge on any atom is 0.330 e. The molecule has 7 nitrogen and oxygen atoms in total. The summed E-state index contributed by atoms with van der Waals surface area (Å²) in [4.78, 5) is 27.4. The van der Waals surface area contributed by atoms with Crippen molar-refractivity contribution < 1.29 is 14.3 Å². The van der Waals surface area contributed by atoms with E-state index in [1.807, 2.05) is 32.0 Å². The quantitative estimate of drug-likeness (QED) is 0.470. The summed E-state index contributed by atoms with van der Waals surface area (Å²) in [6.45, 7) is 4.27. The van der Waals surface area contributed by atoms with Crippen molar-refractivity contribution in [2.75, 3.05) is 13.7 Å². The van der Waals surface area contributed by atoms with Crippen LogP contribution in [-0.2, 0) is 20.7 Å². The SMILES string of the molecule is COC(=O)/C=C/CCNC(=O)Cc1c(C)nn(-c2ccccn2)c1C. The number of esters is 1. The number of amides is 1. The van der Waals surface area contributed by atoms with Crippen LogP contribution in [0.2, 0.25) is 0 Å². The second kappa shape index (κ2) is 8.77. The number of pyridine rings is 1. The van der Waals surface area contributed by atoms with E-state index >= 15 is 0 Å². The molecule has 0 bridgehead atoms. The van der Waals surface area contributed by atoms with Crippen molar-refractivity contribution in [3.8, 4) is 5.82 Å². The maximum atomic E-state index is 12.1. The van der Waals surface area contributed by atoms with Crippen molar-refractivity contribution in [2.24, 2.45) is 0 Å². The molecule has 0 atom stereocenters. The highest BCUT2D eigenvalue weighted by Gasteiger charge is 2.16. The molecule has 0 unspecified atom stereocenters. The van der Waals surface area contributed by atoms with E-state index in [1.165, 1.54) is 13.2 Å². The first-order valence-corrected chi connectivity index (χ1v) is 8.00. The molecule has 25 heavy (non-hydrogen) atoms. The Morgan fingerprint density at radius 1 is 1.32 bits per heavy atom. The van der Waals surface area contributed by atoms with Gasteiger partial charge in [0.25, 0.3) is 0 Å². The van der Waals surface area contributed by atoms with Gasteiger partial charge in [0.15, 0.2) is 5.82 Å². The molecule has 0 spiro atoms. The van der Waals surface area contributed by atoms with Gasteiger partial charge < -0.3 is 10.1 Å². The monoisotopic (exact) mass is 342 g/mol. The number of nitrogens with one attached hydrogen (secondary N) is 1. The number of carbonyl (C=O) groups is 2. The Hall–Kier alpha value is -2.96. The van der Waals surface area contributed by atoms with Crippen LogP contribution in [0, 0.1) is 13.8 Å². The summed E-state index contributed by atoms with van der Waals surface area (Å²) >= 11 is 0. The van der Waals surface area contributed by atoms with Crippen molar-refractivity contribution in [3.63, 3.8) is 0 Å². The van der Waals surface area contributed by atoms with Crippen LogP contribution in [0.25, 0.3) is 5.82 Å². The minimum absolute atomic E-state index is 0.0850. The van der Waals surface area contributed by atoms with Gasteiger partial charge in [-0.2, -0.15) is 5.10 Å². The van der Waals surface area contributed by atoms with Crippen LogP contribution < -0.4 is 5.32 Å². The highest BCUT2D eigenvalue weighted by atomic mass is 16.5. The van der Waals surface area contributed by atoms with Gasteiger partial charge in [0, 0.05) is 30.1 Å². The molecule has 2 aromatic heterocycles. The van der Waals surface area contributed by atoms with E-state index in [9.17, 15) is 9.59 Å². The van der Waals surface area contributed by atoms with Crippen molar-refractivity contribution in [2.45, 2.75) is 26.7 Å². The van der Waals surface area contributed by atoms with Gasteiger partial charge in [-0.15, -0.1) is 0 Å². The van der Waals surface area contributed by atoms with Crippen LogP contribution in [0.3, 0.4) is 0 Å². The summed E-state index contributed by atoms with van der Waals surface area (Å²) in [5.41, 5.74) is 2.61. The number of hydrogen-bond acceptors (Lipinski definition) is 5. The molecule has 7 heteroatoms. The summed E-state index contributed by atoms with van der Waals surface area (Å²) in [7, 11) is 1.32. The number of aryl methyl sites for hydroxylation is 1. The summed E-state index contributed by atoms with van der Waals surface area (Å²) in [6.07, 6.45) is 5.54. The zero-order chi connectivity index (χ0) is 18.2. The van der Waals surface area contributed by atoms with Crippen LogP contribution in [0.5, 0.6) is 0 Å². The van der Waals surface area contributed by atoms with Crippen LogP contribution in [-0.4, -0.2) is 40.3 Å². The summed E-state index contributed by atoms with van der Waals surface area (Å²) in [5, 5.41) is 7.32. The second-order valence-corrected chi connectivity index (χ2v) is 5.49. The molecular formula is C18H22N4O3. The second-order valence-electron chi connectivity index (χ2n) is 5.49. The number of hydrogen-bond donors (Lipinski definition) is 1. The first kappa shape index (κ1) is 18.4. The van der Waals surface area contributed by atoms with Gasteiger partial charge in [-0.1, -0.05) is 12.1 Å². The van der Waals surface area contributed by atoms with E-state index in [4.69, 9.17) is 0 Å². The van der Waals surface area contributed by atoms with Gasteiger partial charge in [0.05, 0.1) is 19.2 Å². The van der Waals surface area contributed by atoms with Crippen molar-refractivity contribution >= 4 is 11.9 Å². The largest absolute Gasteiger partial charge is 0.466 e. The van der Waals surface area contributed by atoms with Gasteiger partial charge in [-0.05, 0) is 32.4 Å². The van der Waals surface area contributed by atoms with Crippen LogP contribution in [0.4, 0.5) is 0 Å². The maximum absolute atomic E-state index is 12.1. The number of nitrogens with zero attached hydrogens (tertiary/aromatic N) is 3. The smallest absolute Gasteiger partial charge is 0.330 e. The number of ether oxygens (including phenoxy) is 1. The molecule has 0 aromatic carbocycles. The van der Waals surface area contributed by atoms with E-state index in [-0.39, 0.29) is 12.3 Å². The molecule has 0 saturated heterocycles. The Morgan fingerprint density at radius 2 is 2.12 bits per heavy atom. The molecule has 1 N–H and O–H groups in total. The first-order valence-electron chi connectivity index (χ1n) is 8.00. The van der Waals surface area contributed by atoms with Gasteiger partial charge in [-0.25, -0.2) is 14.5 Å². The molecule has 0 radical (unpaired) electrons. The Kier molecular flexibility index (Phi) is 6.45. The molecule has 2 heterocycles. The van der Waals surface area contributed by atoms with Gasteiger partial charge >= 0.3 is 5.97 Å². The van der Waals surface area contributed by atoms with Crippen LogP contribution in [0.15, 0.2) is 36.5 Å². The lowest BCUT2D eigenvalue weighted by molar-refractivity contribution is -0.134. The van der Waals surface area contributed by atoms with Crippen molar-refractivity contribution in [1.29, 1.82) is 0 Å². The van der Waals surface area contributed by atoms with E-state index < -0.39 is 5.97 Å². The molecule has 132 valence electrons. The summed E-state index contributed by atoms with van der Waals surface area (Å²) in [5.74, 6) is 0.237. The predicted octanol–water partition coefficient (Wildman–Crippen LogP) is 1.66. The van der Waals surface area contributed by atoms with Crippen molar-refractivity contribution in [1.82, 2.24) is 20.1 Å². The predicted molar refractivity (Wildman–Crippen MR) is 93.3 cm³/mol. The average molecular weight is 342 g/mol. The summed E-state index contributed by atoms with van der Waals surface area (Å²) < 4.78 is 6.24. The lowest BCUT2D eigenvalue weighted by Gasteiger charge is -2.05. The Balaban J connectivity index is 1.94. The van der Waals surface area contributed by atoms with E-state index in [0.29, 0.717) is 13.0 Å². The molecule has 2 aromatic rings. The minimum atomic E-state index is -0.403. The highest BCUT2D eigenvalue weighted by molar-refractivity contribution is 5.81. The van der Waals surface area contributed by atoms with E-state index in [0.717, 1.165) is 22.8 Å². The number of aromatic nitrogens is 3.